The van der Waals surface area contributed by atoms with E-state index in [1.165, 1.54) is 0 Å². The quantitative estimate of drug-likeness (QED) is 0.736. The topological polar surface area (TPSA) is 50.7 Å². The Kier molecular flexibility index (Phi) is 7.18. The van der Waals surface area contributed by atoms with Crippen molar-refractivity contribution >= 4 is 23.2 Å². The molecule has 130 valence electrons. The Balaban J connectivity index is 2.01. The van der Waals surface area contributed by atoms with Crippen molar-refractivity contribution in [1.82, 2.24) is 5.32 Å². The molecular weight excluding hydrogens is 349 g/mol. The van der Waals surface area contributed by atoms with Crippen LogP contribution >= 0.6 is 23.2 Å². The van der Waals surface area contributed by atoms with Crippen molar-refractivity contribution in [2.75, 3.05) is 13.7 Å². The van der Waals surface area contributed by atoms with E-state index in [-0.39, 0.29) is 6.10 Å². The van der Waals surface area contributed by atoms with Crippen LogP contribution in [0.5, 0.6) is 11.5 Å². The van der Waals surface area contributed by atoms with E-state index in [2.05, 4.69) is 5.32 Å². The Labute approximate surface area is 152 Å². The average Bonchev–Trinajstić information content (AvgIpc) is 2.54. The van der Waals surface area contributed by atoms with E-state index in [9.17, 15) is 5.11 Å². The van der Waals surface area contributed by atoms with Gasteiger partial charge in [-0.3, -0.25) is 0 Å². The molecule has 0 spiro atoms. The number of ether oxygens (including phenoxy) is 2. The van der Waals surface area contributed by atoms with Crippen LogP contribution in [0.1, 0.15) is 18.1 Å². The predicted molar refractivity (Wildman–Crippen MR) is 97.2 cm³/mol. The molecule has 0 radical (unpaired) electrons. The molecule has 2 rings (SSSR count). The van der Waals surface area contributed by atoms with Crippen molar-refractivity contribution in [1.29, 1.82) is 0 Å². The van der Waals surface area contributed by atoms with Crippen molar-refractivity contribution in [3.63, 3.8) is 0 Å². The molecule has 0 saturated carbocycles. The minimum Gasteiger partial charge on any atom is -0.493 e. The maximum Gasteiger partial charge on any atom is 0.161 e. The van der Waals surface area contributed by atoms with Gasteiger partial charge in [-0.25, -0.2) is 0 Å². The lowest BCUT2D eigenvalue weighted by Gasteiger charge is -2.14. The zero-order valence-electron chi connectivity index (χ0n) is 13.7. The van der Waals surface area contributed by atoms with E-state index in [0.29, 0.717) is 41.2 Å². The monoisotopic (exact) mass is 369 g/mol. The predicted octanol–water partition coefficient (Wildman–Crippen LogP) is 4.05. The van der Waals surface area contributed by atoms with E-state index >= 15 is 0 Å². The van der Waals surface area contributed by atoms with Crippen LogP contribution in [0, 0.1) is 0 Å². The summed E-state index contributed by atoms with van der Waals surface area (Å²) in [7, 11) is 1.60. The highest BCUT2D eigenvalue weighted by Crippen LogP contribution is 2.30. The van der Waals surface area contributed by atoms with Gasteiger partial charge in [0.2, 0.25) is 0 Å². The minimum atomic E-state index is -0.376. The first-order valence-corrected chi connectivity index (χ1v) is 8.37. The first kappa shape index (κ1) is 18.9. The van der Waals surface area contributed by atoms with Crippen molar-refractivity contribution in [3.8, 4) is 11.5 Å². The molecule has 1 atom stereocenters. The second-order valence-electron chi connectivity index (χ2n) is 5.49. The van der Waals surface area contributed by atoms with Gasteiger partial charge in [0.05, 0.1) is 13.2 Å². The number of benzene rings is 2. The number of hydrogen-bond acceptors (Lipinski definition) is 4. The van der Waals surface area contributed by atoms with E-state index in [1.54, 1.807) is 26.2 Å². The molecule has 0 heterocycles. The van der Waals surface area contributed by atoms with Crippen LogP contribution < -0.4 is 14.8 Å². The van der Waals surface area contributed by atoms with Gasteiger partial charge in [0.15, 0.2) is 11.5 Å². The zero-order valence-corrected chi connectivity index (χ0v) is 15.2. The molecule has 0 aliphatic rings. The molecule has 0 amide bonds. The number of aliphatic hydroxyl groups is 1. The fourth-order valence-corrected chi connectivity index (χ4v) is 2.62. The van der Waals surface area contributed by atoms with E-state index < -0.39 is 0 Å². The van der Waals surface area contributed by atoms with Crippen LogP contribution in [0.2, 0.25) is 10.0 Å². The summed E-state index contributed by atoms with van der Waals surface area (Å²) in [5.41, 5.74) is 1.90. The number of halogens is 2. The zero-order chi connectivity index (χ0) is 17.5. The molecule has 4 nitrogen and oxygen atoms in total. The number of hydrogen-bond donors (Lipinski definition) is 2. The molecule has 0 aromatic heterocycles. The van der Waals surface area contributed by atoms with E-state index in [4.69, 9.17) is 32.7 Å². The fraction of sp³-hybridized carbons (Fsp3) is 0.333. The summed E-state index contributed by atoms with van der Waals surface area (Å²) in [5, 5.41) is 13.6. The molecule has 0 unspecified atom stereocenters. The number of rotatable bonds is 8. The van der Waals surface area contributed by atoms with Gasteiger partial charge < -0.3 is 19.9 Å². The molecule has 0 bridgehead atoms. The maximum atomic E-state index is 9.27. The molecule has 0 fully saturated rings. The normalized spacial score (nSPS) is 12.0. The third-order valence-electron chi connectivity index (χ3n) is 3.40. The summed E-state index contributed by atoms with van der Waals surface area (Å²) in [4.78, 5) is 0. The van der Waals surface area contributed by atoms with Crippen molar-refractivity contribution in [2.45, 2.75) is 26.2 Å². The smallest absolute Gasteiger partial charge is 0.161 e. The van der Waals surface area contributed by atoms with Crippen LogP contribution in [0.25, 0.3) is 0 Å². The number of aliphatic hydroxyl groups excluding tert-OH is 1. The van der Waals surface area contributed by atoms with Crippen LogP contribution in [0.15, 0.2) is 36.4 Å². The molecule has 2 N–H and O–H groups in total. The Bertz CT molecular complexity index is 677. The lowest BCUT2D eigenvalue weighted by atomic mass is 10.2. The highest BCUT2D eigenvalue weighted by atomic mass is 35.5. The van der Waals surface area contributed by atoms with Gasteiger partial charge >= 0.3 is 0 Å². The van der Waals surface area contributed by atoms with E-state index in [0.717, 1.165) is 11.1 Å². The summed E-state index contributed by atoms with van der Waals surface area (Å²) < 4.78 is 11.2. The summed E-state index contributed by atoms with van der Waals surface area (Å²) in [5.74, 6) is 1.29. The molecule has 6 heteroatoms. The van der Waals surface area contributed by atoms with Gasteiger partial charge in [0, 0.05) is 28.7 Å². The van der Waals surface area contributed by atoms with Gasteiger partial charge in [-0.05, 0) is 36.8 Å². The van der Waals surface area contributed by atoms with Gasteiger partial charge in [-0.15, -0.1) is 0 Å². The molecule has 0 aliphatic heterocycles. The van der Waals surface area contributed by atoms with Crippen molar-refractivity contribution in [2.24, 2.45) is 0 Å². The number of nitrogens with one attached hydrogen (secondary N) is 1. The Morgan fingerprint density at radius 1 is 1.12 bits per heavy atom. The fourth-order valence-electron chi connectivity index (χ4n) is 2.16. The second kappa shape index (κ2) is 9.14. The SMILES string of the molecule is COc1cc(CNC[C@@H](C)O)ccc1OCc1ccc(Cl)cc1Cl. The summed E-state index contributed by atoms with van der Waals surface area (Å²) in [6.07, 6.45) is -0.376. The van der Waals surface area contributed by atoms with Gasteiger partial charge in [0.25, 0.3) is 0 Å². The Morgan fingerprint density at radius 2 is 1.92 bits per heavy atom. The third-order valence-corrected chi connectivity index (χ3v) is 3.98. The van der Waals surface area contributed by atoms with Crippen LogP contribution in [0.4, 0.5) is 0 Å². The van der Waals surface area contributed by atoms with Gasteiger partial charge in [-0.1, -0.05) is 35.3 Å². The first-order chi connectivity index (χ1) is 11.5. The van der Waals surface area contributed by atoms with Crippen molar-refractivity contribution < 1.29 is 14.6 Å². The first-order valence-electron chi connectivity index (χ1n) is 7.62. The van der Waals surface area contributed by atoms with Crippen LogP contribution in [-0.2, 0) is 13.2 Å². The standard InChI is InChI=1S/C18H21Cl2NO3/c1-12(22)9-21-10-13-3-6-17(18(7-13)23-2)24-11-14-4-5-15(19)8-16(14)20/h3-8,12,21-22H,9-11H2,1-2H3/t12-/m1/s1. The van der Waals surface area contributed by atoms with Crippen LogP contribution in [0.3, 0.4) is 0 Å². The van der Waals surface area contributed by atoms with Crippen LogP contribution in [-0.4, -0.2) is 24.9 Å². The largest absolute Gasteiger partial charge is 0.493 e. The third kappa shape index (κ3) is 5.56. The van der Waals surface area contributed by atoms with Gasteiger partial charge in [0.1, 0.15) is 6.61 Å². The Morgan fingerprint density at radius 3 is 2.58 bits per heavy atom. The Hall–Kier alpha value is -1.46. The number of methoxy groups -OCH3 is 1. The van der Waals surface area contributed by atoms with Gasteiger partial charge in [-0.2, -0.15) is 0 Å². The highest BCUT2D eigenvalue weighted by Gasteiger charge is 2.08. The second-order valence-corrected chi connectivity index (χ2v) is 6.33. The molecule has 2 aromatic rings. The molecule has 0 aliphatic carbocycles. The van der Waals surface area contributed by atoms with Crippen molar-refractivity contribution in [3.05, 3.63) is 57.6 Å². The average molecular weight is 370 g/mol. The summed E-state index contributed by atoms with van der Waals surface area (Å²) in [6.45, 7) is 3.25. The lowest BCUT2D eigenvalue weighted by molar-refractivity contribution is 0.191. The molecule has 0 saturated heterocycles. The maximum absolute atomic E-state index is 9.27. The molecular formula is C18H21Cl2NO3. The summed E-state index contributed by atoms with van der Waals surface area (Å²) in [6, 6.07) is 11.0. The molecule has 2 aromatic carbocycles. The lowest BCUT2D eigenvalue weighted by Crippen LogP contribution is -2.23. The molecule has 24 heavy (non-hydrogen) atoms. The summed E-state index contributed by atoms with van der Waals surface area (Å²) >= 11 is 12.0. The minimum absolute atomic E-state index is 0.325. The van der Waals surface area contributed by atoms with E-state index in [1.807, 2.05) is 24.3 Å². The highest BCUT2D eigenvalue weighted by molar-refractivity contribution is 6.35.